The lowest BCUT2D eigenvalue weighted by molar-refractivity contribution is -0.128. The molecule has 1 aliphatic rings. The molecule has 0 unspecified atom stereocenters. The van der Waals surface area contributed by atoms with Crippen LogP contribution < -0.4 is 5.32 Å². The summed E-state index contributed by atoms with van der Waals surface area (Å²) in [4.78, 5) is 26.3. The molecule has 5 nitrogen and oxygen atoms in total. The number of benzene rings is 2. The van der Waals surface area contributed by atoms with Crippen LogP contribution >= 0.6 is 0 Å². The van der Waals surface area contributed by atoms with E-state index in [0.717, 1.165) is 11.1 Å². The maximum atomic E-state index is 13.1. The van der Waals surface area contributed by atoms with Crippen LogP contribution in [-0.2, 0) is 9.59 Å². The summed E-state index contributed by atoms with van der Waals surface area (Å²) in [6.45, 7) is 2.17. The zero-order valence-corrected chi connectivity index (χ0v) is 15.1. The van der Waals surface area contributed by atoms with Crippen LogP contribution in [0.3, 0.4) is 0 Å². The molecule has 27 heavy (non-hydrogen) atoms. The van der Waals surface area contributed by atoms with E-state index in [1.807, 2.05) is 60.7 Å². The topological polar surface area (TPSA) is 73.2 Å². The first-order chi connectivity index (χ1) is 13.1. The first kappa shape index (κ1) is 18.4. The first-order valence-corrected chi connectivity index (χ1v) is 8.86. The number of nitriles is 1. The number of nitrogens with zero attached hydrogens (tertiary/aromatic N) is 2. The van der Waals surface area contributed by atoms with Gasteiger partial charge in [0, 0.05) is 25.9 Å². The highest BCUT2D eigenvalue weighted by molar-refractivity contribution is 6.01. The van der Waals surface area contributed by atoms with Crippen LogP contribution in [0.1, 0.15) is 24.0 Å². The molecule has 2 aromatic carbocycles. The molecule has 2 aromatic rings. The molecule has 0 radical (unpaired) electrons. The third kappa shape index (κ3) is 4.42. The lowest BCUT2D eigenvalue weighted by Crippen LogP contribution is -2.36. The summed E-state index contributed by atoms with van der Waals surface area (Å²) >= 11 is 0. The van der Waals surface area contributed by atoms with Crippen molar-refractivity contribution in [2.45, 2.75) is 12.8 Å². The number of rotatable bonds is 4. The van der Waals surface area contributed by atoms with E-state index in [-0.39, 0.29) is 29.3 Å². The van der Waals surface area contributed by atoms with Gasteiger partial charge in [0.1, 0.15) is 5.70 Å². The monoisotopic (exact) mass is 359 g/mol. The van der Waals surface area contributed by atoms with Crippen LogP contribution in [0, 0.1) is 17.2 Å². The molecule has 0 aromatic heterocycles. The van der Waals surface area contributed by atoms with Gasteiger partial charge in [-0.3, -0.25) is 9.59 Å². The molecular formula is C22H21N3O2. The van der Waals surface area contributed by atoms with Gasteiger partial charge >= 0.3 is 0 Å². The van der Waals surface area contributed by atoms with E-state index in [1.165, 1.54) is 6.92 Å². The van der Waals surface area contributed by atoms with Gasteiger partial charge in [0.05, 0.1) is 12.0 Å². The van der Waals surface area contributed by atoms with E-state index < -0.39 is 0 Å². The number of likely N-dealkylation sites (tertiary alicyclic amines) is 1. The lowest BCUT2D eigenvalue weighted by atomic mass is 9.90. The molecule has 1 heterocycles. The molecule has 2 atom stereocenters. The average Bonchev–Trinajstić information content (AvgIpc) is 3.12. The highest BCUT2D eigenvalue weighted by atomic mass is 16.2. The van der Waals surface area contributed by atoms with Crippen LogP contribution in [-0.4, -0.2) is 29.8 Å². The smallest absolute Gasteiger partial charge is 0.270 e. The minimum Gasteiger partial charge on any atom is -0.335 e. The standard InChI is InChI=1S/C22H21N3O2/c1-16(26)24-21(12-17-8-4-2-5-9-17)22(27)25-14-19(13-23)20(15-25)18-10-6-3-7-11-18/h2-12,19-20H,14-15H2,1H3,(H,24,26)/b21-12+/t19-,20+/m1/s1. The van der Waals surface area contributed by atoms with Crippen LogP contribution in [0.5, 0.6) is 0 Å². The highest BCUT2D eigenvalue weighted by Gasteiger charge is 2.37. The maximum Gasteiger partial charge on any atom is 0.270 e. The summed E-state index contributed by atoms with van der Waals surface area (Å²) in [7, 11) is 0. The summed E-state index contributed by atoms with van der Waals surface area (Å²) in [5.41, 5.74) is 2.09. The summed E-state index contributed by atoms with van der Waals surface area (Å²) in [5.74, 6) is -0.879. The molecule has 0 saturated carbocycles. The zero-order valence-electron chi connectivity index (χ0n) is 15.1. The van der Waals surface area contributed by atoms with Gasteiger partial charge in [0.25, 0.3) is 5.91 Å². The molecule has 2 amide bonds. The quantitative estimate of drug-likeness (QED) is 0.853. The van der Waals surface area contributed by atoms with Gasteiger partial charge in [-0.1, -0.05) is 60.7 Å². The SMILES string of the molecule is CC(=O)N/C(=C/c1ccccc1)C(=O)N1C[C@@H](C#N)[C@H](c2ccccc2)C1. The fourth-order valence-corrected chi connectivity index (χ4v) is 3.37. The zero-order chi connectivity index (χ0) is 19.2. The Bertz CT molecular complexity index is 885. The minimum atomic E-state index is -0.304. The number of nitrogens with one attached hydrogen (secondary N) is 1. The van der Waals surface area contributed by atoms with E-state index in [1.54, 1.807) is 11.0 Å². The molecule has 3 rings (SSSR count). The van der Waals surface area contributed by atoms with Crippen molar-refractivity contribution in [3.05, 3.63) is 77.5 Å². The molecule has 1 aliphatic heterocycles. The van der Waals surface area contributed by atoms with Crippen molar-refractivity contribution in [3.63, 3.8) is 0 Å². The minimum absolute atomic E-state index is 0.0320. The number of carbonyl (C=O) groups is 2. The van der Waals surface area contributed by atoms with Crippen molar-refractivity contribution in [2.75, 3.05) is 13.1 Å². The van der Waals surface area contributed by atoms with Gasteiger partial charge in [-0.05, 0) is 17.2 Å². The van der Waals surface area contributed by atoms with Crippen molar-refractivity contribution in [3.8, 4) is 6.07 Å². The van der Waals surface area contributed by atoms with Crippen molar-refractivity contribution < 1.29 is 9.59 Å². The molecule has 5 heteroatoms. The van der Waals surface area contributed by atoms with Crippen LogP contribution in [0.25, 0.3) is 6.08 Å². The fraction of sp³-hybridized carbons (Fsp3) is 0.227. The fourth-order valence-electron chi connectivity index (χ4n) is 3.37. The Balaban J connectivity index is 1.85. The van der Waals surface area contributed by atoms with E-state index in [0.29, 0.717) is 13.1 Å². The first-order valence-electron chi connectivity index (χ1n) is 8.86. The van der Waals surface area contributed by atoms with Crippen molar-refractivity contribution in [1.29, 1.82) is 5.26 Å². The Kier molecular flexibility index (Phi) is 5.68. The largest absolute Gasteiger partial charge is 0.335 e. The third-order valence-corrected chi connectivity index (χ3v) is 4.65. The summed E-state index contributed by atoms with van der Waals surface area (Å²) in [5, 5.41) is 12.2. The molecular weight excluding hydrogens is 338 g/mol. The van der Waals surface area contributed by atoms with Crippen molar-refractivity contribution >= 4 is 17.9 Å². The van der Waals surface area contributed by atoms with Gasteiger partial charge in [-0.15, -0.1) is 0 Å². The van der Waals surface area contributed by atoms with Crippen LogP contribution in [0.4, 0.5) is 0 Å². The molecule has 0 spiro atoms. The second-order valence-electron chi connectivity index (χ2n) is 6.61. The van der Waals surface area contributed by atoms with E-state index in [4.69, 9.17) is 0 Å². The third-order valence-electron chi connectivity index (χ3n) is 4.65. The molecule has 1 N–H and O–H groups in total. The van der Waals surface area contributed by atoms with Gasteiger partial charge in [0.15, 0.2) is 0 Å². The number of amides is 2. The van der Waals surface area contributed by atoms with Gasteiger partial charge in [0.2, 0.25) is 5.91 Å². The summed E-state index contributed by atoms with van der Waals surface area (Å²) in [6.07, 6.45) is 1.67. The maximum absolute atomic E-state index is 13.1. The Morgan fingerprint density at radius 3 is 2.30 bits per heavy atom. The predicted octanol–water partition coefficient (Wildman–Crippen LogP) is 2.93. The van der Waals surface area contributed by atoms with Crippen molar-refractivity contribution in [2.24, 2.45) is 5.92 Å². The van der Waals surface area contributed by atoms with Gasteiger partial charge < -0.3 is 10.2 Å². The Labute approximate surface area is 158 Å². The summed E-state index contributed by atoms with van der Waals surface area (Å²) < 4.78 is 0. The van der Waals surface area contributed by atoms with E-state index in [2.05, 4.69) is 11.4 Å². The second-order valence-corrected chi connectivity index (χ2v) is 6.61. The highest BCUT2D eigenvalue weighted by Crippen LogP contribution is 2.32. The predicted molar refractivity (Wildman–Crippen MR) is 103 cm³/mol. The van der Waals surface area contributed by atoms with Crippen LogP contribution in [0.15, 0.2) is 66.4 Å². The Morgan fingerprint density at radius 2 is 1.70 bits per heavy atom. The number of hydrogen-bond donors (Lipinski definition) is 1. The number of carbonyl (C=O) groups excluding carboxylic acids is 2. The van der Waals surface area contributed by atoms with Crippen LogP contribution in [0.2, 0.25) is 0 Å². The molecule has 0 aliphatic carbocycles. The van der Waals surface area contributed by atoms with Gasteiger partial charge in [-0.25, -0.2) is 0 Å². The normalized spacial score (nSPS) is 19.4. The van der Waals surface area contributed by atoms with E-state index >= 15 is 0 Å². The Morgan fingerprint density at radius 1 is 1.07 bits per heavy atom. The molecule has 1 fully saturated rings. The second kappa shape index (κ2) is 8.33. The molecule has 0 bridgehead atoms. The summed E-state index contributed by atoms with van der Waals surface area (Å²) in [6, 6.07) is 21.5. The molecule has 136 valence electrons. The van der Waals surface area contributed by atoms with E-state index in [9.17, 15) is 14.9 Å². The van der Waals surface area contributed by atoms with Crippen molar-refractivity contribution in [1.82, 2.24) is 10.2 Å². The molecule has 1 saturated heterocycles. The lowest BCUT2D eigenvalue weighted by Gasteiger charge is -2.19. The number of hydrogen-bond acceptors (Lipinski definition) is 3. The van der Waals surface area contributed by atoms with Gasteiger partial charge in [-0.2, -0.15) is 5.26 Å². The average molecular weight is 359 g/mol. The Hall–Kier alpha value is -3.39.